The molecule has 0 fully saturated rings. The molecular weight excluding hydrogens is 501 g/mol. The van der Waals surface area contributed by atoms with Crippen molar-refractivity contribution in [2.45, 2.75) is 31.6 Å². The third kappa shape index (κ3) is 5.75. The number of anilines is 1. The zero-order valence-corrected chi connectivity index (χ0v) is 19.4. The Morgan fingerprint density at radius 2 is 1.34 bits per heavy atom. The standard InChI is InChI=1S/C24H19F7N2O.ClH/c1-22(2,14-10-15(23(26,27)28)12-16(11-14)24(29,30)31)21(34)33(3)20-8-9-32-13-18(20)17-6-4-5-7-19(17)25;/h4-13H,1-3H3;1H. The summed E-state index contributed by atoms with van der Waals surface area (Å²) in [4.78, 5) is 18.4. The predicted molar refractivity (Wildman–Crippen MR) is 120 cm³/mol. The van der Waals surface area contributed by atoms with Crippen LogP contribution in [0.1, 0.15) is 30.5 Å². The number of alkyl halides is 6. The summed E-state index contributed by atoms with van der Waals surface area (Å²) in [7, 11) is 1.31. The van der Waals surface area contributed by atoms with Gasteiger partial charge in [-0.2, -0.15) is 26.3 Å². The molecule has 1 heterocycles. The van der Waals surface area contributed by atoms with E-state index in [1.54, 1.807) is 6.07 Å². The van der Waals surface area contributed by atoms with Gasteiger partial charge in [-0.3, -0.25) is 9.78 Å². The van der Waals surface area contributed by atoms with Gasteiger partial charge in [0.15, 0.2) is 0 Å². The van der Waals surface area contributed by atoms with Crippen LogP contribution in [0.2, 0.25) is 0 Å². The molecule has 0 aliphatic heterocycles. The number of rotatable bonds is 4. The number of aromatic nitrogens is 1. The van der Waals surface area contributed by atoms with E-state index in [1.165, 1.54) is 57.6 Å². The minimum Gasteiger partial charge on any atom is -0.314 e. The summed E-state index contributed by atoms with van der Waals surface area (Å²) in [6, 6.07) is 8.19. The van der Waals surface area contributed by atoms with Crippen molar-refractivity contribution in [1.29, 1.82) is 0 Å². The second kappa shape index (κ2) is 9.85. The van der Waals surface area contributed by atoms with Crippen LogP contribution in [0.15, 0.2) is 60.9 Å². The number of carbonyl (C=O) groups excluding carboxylic acids is 1. The summed E-state index contributed by atoms with van der Waals surface area (Å²) in [5, 5.41) is 0. The number of pyridine rings is 1. The predicted octanol–water partition coefficient (Wildman–Crippen LogP) is 7.29. The SMILES string of the molecule is CN(C(=O)C(C)(C)c1cc(C(F)(F)F)cc(C(F)(F)F)c1)c1ccncc1-c1ccccc1F.Cl. The molecule has 1 amide bonds. The highest BCUT2D eigenvalue weighted by molar-refractivity contribution is 6.03. The first-order valence-corrected chi connectivity index (χ1v) is 9.91. The molecular formula is C24H20ClF7N2O. The summed E-state index contributed by atoms with van der Waals surface area (Å²) >= 11 is 0. The molecule has 1 aromatic heterocycles. The van der Waals surface area contributed by atoms with Crippen LogP contribution in [0.4, 0.5) is 36.4 Å². The number of hydrogen-bond donors (Lipinski definition) is 0. The maximum absolute atomic E-state index is 14.4. The first kappa shape index (κ1) is 28.1. The quantitative estimate of drug-likeness (QED) is 0.338. The summed E-state index contributed by atoms with van der Waals surface area (Å²) in [5.41, 5.74) is -4.76. The Labute approximate surface area is 203 Å². The number of nitrogens with zero attached hydrogens (tertiary/aromatic N) is 2. The van der Waals surface area contributed by atoms with Gasteiger partial charge in [-0.25, -0.2) is 4.39 Å². The molecule has 0 saturated carbocycles. The van der Waals surface area contributed by atoms with Crippen molar-refractivity contribution in [1.82, 2.24) is 4.98 Å². The molecule has 0 atom stereocenters. The maximum atomic E-state index is 14.4. The number of benzene rings is 2. The van der Waals surface area contributed by atoms with E-state index >= 15 is 0 Å². The first-order chi connectivity index (χ1) is 15.6. The summed E-state index contributed by atoms with van der Waals surface area (Å²) < 4.78 is 94.3. The van der Waals surface area contributed by atoms with Crippen LogP contribution in [-0.2, 0) is 22.6 Å². The van der Waals surface area contributed by atoms with E-state index in [9.17, 15) is 35.5 Å². The summed E-state index contributed by atoms with van der Waals surface area (Å²) in [6.07, 6.45) is -7.45. The Morgan fingerprint density at radius 3 is 1.86 bits per heavy atom. The largest absolute Gasteiger partial charge is 0.416 e. The van der Waals surface area contributed by atoms with E-state index in [4.69, 9.17) is 0 Å². The van der Waals surface area contributed by atoms with Crippen LogP contribution in [0.25, 0.3) is 11.1 Å². The van der Waals surface area contributed by atoms with Gasteiger partial charge < -0.3 is 4.90 Å². The van der Waals surface area contributed by atoms with Gasteiger partial charge >= 0.3 is 12.4 Å². The van der Waals surface area contributed by atoms with Gasteiger partial charge in [-0.1, -0.05) is 18.2 Å². The minimum atomic E-state index is -5.05. The van der Waals surface area contributed by atoms with Crippen molar-refractivity contribution in [3.05, 3.63) is 83.4 Å². The highest BCUT2D eigenvalue weighted by Crippen LogP contribution is 2.40. The van der Waals surface area contributed by atoms with E-state index in [0.717, 1.165) is 4.90 Å². The monoisotopic (exact) mass is 520 g/mol. The second-order valence-electron chi connectivity index (χ2n) is 8.16. The minimum absolute atomic E-state index is 0. The number of carbonyl (C=O) groups is 1. The second-order valence-corrected chi connectivity index (χ2v) is 8.16. The van der Waals surface area contributed by atoms with Crippen molar-refractivity contribution in [2.24, 2.45) is 0 Å². The van der Waals surface area contributed by atoms with Crippen LogP contribution >= 0.6 is 12.4 Å². The Hall–Kier alpha value is -3.14. The molecule has 0 unspecified atom stereocenters. The molecule has 0 bridgehead atoms. The highest BCUT2D eigenvalue weighted by atomic mass is 35.5. The molecule has 188 valence electrons. The van der Waals surface area contributed by atoms with Crippen LogP contribution in [0.5, 0.6) is 0 Å². The molecule has 0 N–H and O–H groups in total. The fraction of sp³-hybridized carbons (Fsp3) is 0.250. The summed E-state index contributed by atoms with van der Waals surface area (Å²) in [6.45, 7) is 2.46. The van der Waals surface area contributed by atoms with Gasteiger partial charge in [0, 0.05) is 30.6 Å². The molecule has 3 rings (SSSR count). The Morgan fingerprint density at radius 1 is 0.829 bits per heavy atom. The fourth-order valence-electron chi connectivity index (χ4n) is 3.53. The maximum Gasteiger partial charge on any atom is 0.416 e. The van der Waals surface area contributed by atoms with Gasteiger partial charge in [0.05, 0.1) is 22.2 Å². The van der Waals surface area contributed by atoms with Crippen LogP contribution in [0, 0.1) is 5.82 Å². The lowest BCUT2D eigenvalue weighted by Crippen LogP contribution is -2.42. The van der Waals surface area contributed by atoms with Crippen molar-refractivity contribution >= 4 is 24.0 Å². The molecule has 3 aromatic rings. The Balaban J connectivity index is 0.00000432. The van der Waals surface area contributed by atoms with Crippen LogP contribution < -0.4 is 4.90 Å². The molecule has 35 heavy (non-hydrogen) atoms. The molecule has 3 nitrogen and oxygen atoms in total. The lowest BCUT2D eigenvalue weighted by Gasteiger charge is -2.32. The smallest absolute Gasteiger partial charge is 0.314 e. The zero-order chi connectivity index (χ0) is 25.5. The average molecular weight is 521 g/mol. The molecule has 0 aliphatic carbocycles. The van der Waals surface area contributed by atoms with E-state index in [1.807, 2.05) is 0 Å². The molecule has 0 spiro atoms. The summed E-state index contributed by atoms with van der Waals surface area (Å²) in [5.74, 6) is -1.40. The van der Waals surface area contributed by atoms with Crippen molar-refractivity contribution in [2.75, 3.05) is 11.9 Å². The molecule has 11 heteroatoms. The topological polar surface area (TPSA) is 33.2 Å². The fourth-order valence-corrected chi connectivity index (χ4v) is 3.53. The van der Waals surface area contributed by atoms with Crippen molar-refractivity contribution < 1.29 is 35.5 Å². The van der Waals surface area contributed by atoms with Gasteiger partial charge in [0.2, 0.25) is 5.91 Å². The van der Waals surface area contributed by atoms with Crippen molar-refractivity contribution in [3.63, 3.8) is 0 Å². The number of hydrogen-bond acceptors (Lipinski definition) is 2. The highest BCUT2D eigenvalue weighted by Gasteiger charge is 2.41. The van der Waals surface area contributed by atoms with E-state index in [0.29, 0.717) is 12.1 Å². The van der Waals surface area contributed by atoms with Crippen molar-refractivity contribution in [3.8, 4) is 11.1 Å². The van der Waals surface area contributed by atoms with E-state index in [2.05, 4.69) is 4.98 Å². The van der Waals surface area contributed by atoms with Gasteiger partial charge in [0.25, 0.3) is 0 Å². The third-order valence-corrected chi connectivity index (χ3v) is 5.47. The van der Waals surface area contributed by atoms with Crippen LogP contribution in [0.3, 0.4) is 0 Å². The number of likely N-dealkylation sites (N-methyl/N-ethyl adjacent to an activating group) is 1. The Kier molecular flexibility index (Phi) is 7.91. The Bertz CT molecular complexity index is 1190. The lowest BCUT2D eigenvalue weighted by molar-refractivity contribution is -0.143. The normalized spacial score (nSPS) is 12.2. The van der Waals surface area contributed by atoms with E-state index in [-0.39, 0.29) is 35.3 Å². The zero-order valence-electron chi connectivity index (χ0n) is 18.6. The molecule has 0 aliphatic rings. The third-order valence-electron chi connectivity index (χ3n) is 5.47. The molecule has 2 aromatic carbocycles. The molecule has 0 radical (unpaired) electrons. The van der Waals surface area contributed by atoms with Crippen LogP contribution in [-0.4, -0.2) is 17.9 Å². The van der Waals surface area contributed by atoms with Gasteiger partial charge in [0.1, 0.15) is 5.82 Å². The van der Waals surface area contributed by atoms with Gasteiger partial charge in [-0.05, 0) is 49.7 Å². The molecule has 0 saturated heterocycles. The average Bonchev–Trinajstić information content (AvgIpc) is 2.77. The first-order valence-electron chi connectivity index (χ1n) is 9.91. The number of halogens is 8. The van der Waals surface area contributed by atoms with E-state index < -0.39 is 46.2 Å². The number of amides is 1. The lowest BCUT2D eigenvalue weighted by atomic mass is 9.81. The van der Waals surface area contributed by atoms with Gasteiger partial charge in [-0.15, -0.1) is 12.4 Å².